The lowest BCUT2D eigenvalue weighted by Crippen LogP contribution is -2.09. The van der Waals surface area contributed by atoms with E-state index >= 15 is 0 Å². The van der Waals surface area contributed by atoms with Crippen molar-refractivity contribution in [1.29, 1.82) is 0 Å². The number of hydrogen-bond acceptors (Lipinski definition) is 3. The number of hydrogen-bond donors (Lipinski definition) is 0. The quantitative estimate of drug-likeness (QED) is 0.563. The second-order valence-corrected chi connectivity index (χ2v) is 3.89. The Bertz CT molecular complexity index is 474. The summed E-state index contributed by atoms with van der Waals surface area (Å²) in [6, 6.07) is 7.21. The third kappa shape index (κ3) is 1.76. The van der Waals surface area contributed by atoms with Crippen LogP contribution in [0, 0.1) is 0 Å². The molecule has 0 aliphatic heterocycles. The largest absolute Gasteiger partial charge is 0.454 e. The first kappa shape index (κ1) is 10.6. The summed E-state index contributed by atoms with van der Waals surface area (Å²) in [6.45, 7) is 5.10. The van der Waals surface area contributed by atoms with Gasteiger partial charge in [-0.25, -0.2) is 4.79 Å². The highest BCUT2D eigenvalue weighted by Gasteiger charge is 2.31. The van der Waals surface area contributed by atoms with Crippen molar-refractivity contribution in [3.05, 3.63) is 47.5 Å². The highest BCUT2D eigenvalue weighted by Crippen LogP contribution is 2.33. The molecule has 1 unspecified atom stereocenters. The topological polar surface area (TPSA) is 43.4 Å². The van der Waals surface area contributed by atoms with E-state index in [-0.39, 0.29) is 12.2 Å². The lowest BCUT2D eigenvalue weighted by atomic mass is 10.1. The molecule has 1 aromatic carbocycles. The van der Waals surface area contributed by atoms with E-state index in [2.05, 4.69) is 6.58 Å². The van der Waals surface area contributed by atoms with Gasteiger partial charge in [0, 0.05) is 16.7 Å². The molecule has 16 heavy (non-hydrogen) atoms. The third-order valence-electron chi connectivity index (χ3n) is 2.58. The summed E-state index contributed by atoms with van der Waals surface area (Å²) in [5, 5.41) is 0. The van der Waals surface area contributed by atoms with E-state index < -0.39 is 12.1 Å². The maximum Gasteiger partial charge on any atom is 0.333 e. The van der Waals surface area contributed by atoms with Crippen LogP contribution in [0.1, 0.15) is 35.4 Å². The fraction of sp³-hybridized carbons (Fsp3) is 0.231. The molecule has 0 amide bonds. The van der Waals surface area contributed by atoms with E-state index in [0.29, 0.717) is 11.1 Å². The van der Waals surface area contributed by atoms with Gasteiger partial charge in [0.15, 0.2) is 5.78 Å². The molecule has 0 bridgehead atoms. The maximum absolute atomic E-state index is 11.6. The van der Waals surface area contributed by atoms with Gasteiger partial charge >= 0.3 is 5.97 Å². The number of benzene rings is 1. The van der Waals surface area contributed by atoms with Gasteiger partial charge in [0.1, 0.15) is 6.10 Å². The number of ketones is 1. The van der Waals surface area contributed by atoms with E-state index in [4.69, 9.17) is 4.74 Å². The van der Waals surface area contributed by atoms with Gasteiger partial charge in [-0.15, -0.1) is 0 Å². The fourth-order valence-corrected chi connectivity index (χ4v) is 1.75. The molecule has 0 radical (unpaired) electrons. The molecule has 1 atom stereocenters. The number of rotatable bonds is 2. The van der Waals surface area contributed by atoms with Gasteiger partial charge in [-0.1, -0.05) is 30.8 Å². The Hall–Kier alpha value is -1.90. The summed E-state index contributed by atoms with van der Waals surface area (Å²) in [6.07, 6.45) is -0.217. The summed E-state index contributed by atoms with van der Waals surface area (Å²) < 4.78 is 5.21. The Morgan fingerprint density at radius 3 is 2.81 bits per heavy atom. The molecule has 0 saturated heterocycles. The molecule has 0 heterocycles. The fourth-order valence-electron chi connectivity index (χ4n) is 1.75. The zero-order valence-corrected chi connectivity index (χ0v) is 9.03. The monoisotopic (exact) mass is 216 g/mol. The van der Waals surface area contributed by atoms with E-state index in [1.807, 2.05) is 12.1 Å². The number of carbonyl (C=O) groups is 2. The number of carbonyl (C=O) groups excluding carboxylic acids is 2. The molecule has 0 N–H and O–H groups in total. The Labute approximate surface area is 93.7 Å². The number of fused-ring (bicyclic) bond motifs is 1. The van der Waals surface area contributed by atoms with Crippen LogP contribution in [-0.2, 0) is 9.53 Å². The number of Topliss-reactive ketones (excluding diaryl/α,β-unsaturated/α-hetero) is 1. The third-order valence-corrected chi connectivity index (χ3v) is 2.58. The lowest BCUT2D eigenvalue weighted by Gasteiger charge is -2.12. The van der Waals surface area contributed by atoms with Crippen LogP contribution in [0.4, 0.5) is 0 Å². The molecule has 2 rings (SSSR count). The molecular weight excluding hydrogens is 204 g/mol. The Morgan fingerprint density at radius 2 is 2.12 bits per heavy atom. The molecule has 1 aliphatic carbocycles. The lowest BCUT2D eigenvalue weighted by molar-refractivity contribution is -0.144. The average Bonchev–Trinajstić information content (AvgIpc) is 2.57. The molecule has 1 aliphatic rings. The molecule has 0 saturated carbocycles. The predicted molar refractivity (Wildman–Crippen MR) is 59.0 cm³/mol. The molecule has 3 nitrogen and oxygen atoms in total. The summed E-state index contributed by atoms with van der Waals surface area (Å²) in [7, 11) is 0. The second kappa shape index (κ2) is 3.93. The van der Waals surface area contributed by atoms with E-state index in [1.54, 1.807) is 19.1 Å². The van der Waals surface area contributed by atoms with Crippen LogP contribution in [0.2, 0.25) is 0 Å². The minimum absolute atomic E-state index is 0.0233. The van der Waals surface area contributed by atoms with Gasteiger partial charge < -0.3 is 4.74 Å². The van der Waals surface area contributed by atoms with Crippen LogP contribution in [-0.4, -0.2) is 11.8 Å². The molecular formula is C13H12O3. The Morgan fingerprint density at radius 1 is 1.44 bits per heavy atom. The molecule has 0 fully saturated rings. The minimum Gasteiger partial charge on any atom is -0.454 e. The predicted octanol–water partition coefficient (Wildman–Crippen LogP) is 2.43. The normalized spacial score (nSPS) is 18.1. The van der Waals surface area contributed by atoms with Crippen molar-refractivity contribution < 1.29 is 14.3 Å². The molecule has 1 aromatic rings. The zero-order chi connectivity index (χ0) is 11.7. The van der Waals surface area contributed by atoms with Crippen molar-refractivity contribution in [2.45, 2.75) is 19.4 Å². The van der Waals surface area contributed by atoms with Crippen molar-refractivity contribution >= 4 is 11.8 Å². The van der Waals surface area contributed by atoms with Gasteiger partial charge in [0.25, 0.3) is 0 Å². The van der Waals surface area contributed by atoms with E-state index in [9.17, 15) is 9.59 Å². The van der Waals surface area contributed by atoms with Crippen molar-refractivity contribution in [3.8, 4) is 0 Å². The van der Waals surface area contributed by atoms with Gasteiger partial charge in [-0.05, 0) is 6.92 Å². The second-order valence-electron chi connectivity index (χ2n) is 3.89. The smallest absolute Gasteiger partial charge is 0.333 e. The van der Waals surface area contributed by atoms with E-state index in [0.717, 1.165) is 5.56 Å². The van der Waals surface area contributed by atoms with Crippen LogP contribution in [0.15, 0.2) is 36.4 Å². The summed E-state index contributed by atoms with van der Waals surface area (Å²) in [5.74, 6) is -0.426. The van der Waals surface area contributed by atoms with Crippen molar-refractivity contribution in [1.82, 2.24) is 0 Å². The first-order chi connectivity index (χ1) is 7.59. The van der Waals surface area contributed by atoms with Gasteiger partial charge in [-0.3, -0.25) is 4.79 Å². The van der Waals surface area contributed by atoms with Crippen LogP contribution >= 0.6 is 0 Å². The highest BCUT2D eigenvalue weighted by atomic mass is 16.5. The first-order valence-corrected chi connectivity index (χ1v) is 5.08. The average molecular weight is 216 g/mol. The molecule has 0 spiro atoms. The molecule has 82 valence electrons. The van der Waals surface area contributed by atoms with Gasteiger partial charge in [0.05, 0.1) is 6.42 Å². The van der Waals surface area contributed by atoms with Crippen LogP contribution in [0.25, 0.3) is 0 Å². The Balaban J connectivity index is 2.24. The van der Waals surface area contributed by atoms with Crippen LogP contribution in [0.3, 0.4) is 0 Å². The Kier molecular flexibility index (Phi) is 2.60. The molecule has 3 heteroatoms. The first-order valence-electron chi connectivity index (χ1n) is 5.08. The van der Waals surface area contributed by atoms with Crippen molar-refractivity contribution in [2.24, 2.45) is 0 Å². The summed E-state index contributed by atoms with van der Waals surface area (Å²) >= 11 is 0. The van der Waals surface area contributed by atoms with Gasteiger partial charge in [0.2, 0.25) is 0 Å². The van der Waals surface area contributed by atoms with Crippen LogP contribution < -0.4 is 0 Å². The van der Waals surface area contributed by atoms with Crippen molar-refractivity contribution in [3.63, 3.8) is 0 Å². The molecule has 0 aromatic heterocycles. The SMILES string of the molecule is C=C(C)C(=O)OC1CC(=O)c2ccccc21. The zero-order valence-electron chi connectivity index (χ0n) is 9.03. The standard InChI is InChI=1S/C13H12O3/c1-8(2)13(15)16-12-7-11(14)9-5-3-4-6-10(9)12/h3-6,12H,1,7H2,2H3. The minimum atomic E-state index is -0.451. The van der Waals surface area contributed by atoms with Crippen LogP contribution in [0.5, 0.6) is 0 Å². The van der Waals surface area contributed by atoms with Crippen molar-refractivity contribution in [2.75, 3.05) is 0 Å². The highest BCUT2D eigenvalue weighted by molar-refractivity contribution is 6.01. The summed E-state index contributed by atoms with van der Waals surface area (Å²) in [4.78, 5) is 23.0. The van der Waals surface area contributed by atoms with E-state index in [1.165, 1.54) is 0 Å². The maximum atomic E-state index is 11.6. The number of ether oxygens (including phenoxy) is 1. The number of esters is 1. The van der Waals surface area contributed by atoms with Gasteiger partial charge in [-0.2, -0.15) is 0 Å². The summed E-state index contributed by atoms with van der Waals surface area (Å²) in [5.41, 5.74) is 1.79.